The van der Waals surface area contributed by atoms with Gasteiger partial charge in [-0.1, -0.05) is 23.1 Å². The Morgan fingerprint density at radius 1 is 1.42 bits per heavy atom. The molecule has 2 aromatic rings. The van der Waals surface area contributed by atoms with Crippen LogP contribution in [0.25, 0.3) is 0 Å². The Hall–Kier alpha value is -1.54. The van der Waals surface area contributed by atoms with Crippen molar-refractivity contribution in [3.8, 4) is 0 Å². The van der Waals surface area contributed by atoms with Crippen molar-refractivity contribution in [2.45, 2.75) is 16.2 Å². The average Bonchev–Trinajstić information content (AvgIpc) is 2.83. The number of carbonyl (C=O) groups excluding carboxylic acids is 1. The fourth-order valence-corrected chi connectivity index (χ4v) is 2.93. The van der Waals surface area contributed by atoms with Crippen LogP contribution < -0.4 is 0 Å². The van der Waals surface area contributed by atoms with Gasteiger partial charge >= 0.3 is 5.97 Å². The van der Waals surface area contributed by atoms with Crippen molar-refractivity contribution in [3.05, 3.63) is 34.8 Å². The van der Waals surface area contributed by atoms with Crippen molar-refractivity contribution in [1.29, 1.82) is 0 Å². The third kappa shape index (κ3) is 3.48. The number of benzene rings is 1. The summed E-state index contributed by atoms with van der Waals surface area (Å²) in [5.74, 6) is -1.68. The highest BCUT2D eigenvalue weighted by Gasteiger charge is 2.15. The predicted octanol–water partition coefficient (Wildman–Crippen LogP) is 3.14. The van der Waals surface area contributed by atoms with E-state index >= 15 is 0 Å². The molecular weight excluding hydrogens is 294 g/mol. The van der Waals surface area contributed by atoms with Gasteiger partial charge in [0.25, 0.3) is 0 Å². The molecule has 8 heteroatoms. The summed E-state index contributed by atoms with van der Waals surface area (Å²) in [4.78, 5) is 11.5. The van der Waals surface area contributed by atoms with Crippen LogP contribution >= 0.6 is 23.1 Å². The molecule has 0 N–H and O–H groups in total. The van der Waals surface area contributed by atoms with E-state index < -0.39 is 17.6 Å². The van der Waals surface area contributed by atoms with Crippen molar-refractivity contribution >= 4 is 29.1 Å². The zero-order valence-corrected chi connectivity index (χ0v) is 11.4. The first-order valence-corrected chi connectivity index (χ1v) is 6.87. The van der Waals surface area contributed by atoms with E-state index in [4.69, 9.17) is 4.74 Å². The normalized spacial score (nSPS) is 10.5. The summed E-state index contributed by atoms with van der Waals surface area (Å²) in [5.41, 5.74) is 0. The Balaban J connectivity index is 2.15. The molecule has 0 aliphatic heterocycles. The summed E-state index contributed by atoms with van der Waals surface area (Å²) in [6.07, 6.45) is 0. The Morgan fingerprint density at radius 3 is 2.95 bits per heavy atom. The van der Waals surface area contributed by atoms with Gasteiger partial charge in [-0.15, -0.1) is 10.2 Å². The molecule has 0 aliphatic rings. The van der Waals surface area contributed by atoms with Crippen LogP contribution in [0.5, 0.6) is 0 Å². The number of rotatable bonds is 4. The molecule has 1 aromatic heterocycles. The molecule has 0 fully saturated rings. The van der Waals surface area contributed by atoms with E-state index in [0.717, 1.165) is 41.3 Å². The molecule has 100 valence electrons. The molecule has 0 spiro atoms. The summed E-state index contributed by atoms with van der Waals surface area (Å²) in [6.45, 7) is 1.91. The maximum Gasteiger partial charge on any atom is 0.369 e. The summed E-state index contributed by atoms with van der Waals surface area (Å²) in [6, 6.07) is 3.12. The van der Waals surface area contributed by atoms with Crippen molar-refractivity contribution in [1.82, 2.24) is 10.2 Å². The summed E-state index contributed by atoms with van der Waals surface area (Å²) >= 11 is 1.87. The van der Waals surface area contributed by atoms with E-state index in [1.54, 1.807) is 6.92 Å². The Bertz CT molecular complexity index is 604. The minimum absolute atomic E-state index is 0.0844. The van der Waals surface area contributed by atoms with Crippen LogP contribution in [-0.2, 0) is 4.74 Å². The van der Waals surface area contributed by atoms with Crippen LogP contribution in [0.1, 0.15) is 16.7 Å². The number of halogens is 2. The van der Waals surface area contributed by atoms with Crippen LogP contribution in [-0.4, -0.2) is 22.8 Å². The fourth-order valence-electron chi connectivity index (χ4n) is 1.18. The van der Waals surface area contributed by atoms with Crippen LogP contribution in [0, 0.1) is 11.6 Å². The predicted molar refractivity (Wildman–Crippen MR) is 66.3 cm³/mol. The fraction of sp³-hybridized carbons (Fsp3) is 0.182. The van der Waals surface area contributed by atoms with Crippen LogP contribution in [0.2, 0.25) is 0 Å². The topological polar surface area (TPSA) is 52.1 Å². The Morgan fingerprint density at radius 2 is 2.21 bits per heavy atom. The molecule has 0 unspecified atom stereocenters. The van der Waals surface area contributed by atoms with Gasteiger partial charge in [0, 0.05) is 0 Å². The molecule has 0 aliphatic carbocycles. The van der Waals surface area contributed by atoms with Gasteiger partial charge in [0.1, 0.15) is 11.6 Å². The number of aromatic nitrogens is 2. The van der Waals surface area contributed by atoms with Crippen molar-refractivity contribution in [2.24, 2.45) is 0 Å². The lowest BCUT2D eigenvalue weighted by atomic mass is 10.3. The second kappa shape index (κ2) is 6.07. The van der Waals surface area contributed by atoms with Gasteiger partial charge in [-0.3, -0.25) is 0 Å². The lowest BCUT2D eigenvalue weighted by Gasteiger charge is -1.99. The number of carbonyl (C=O) groups is 1. The van der Waals surface area contributed by atoms with Crippen LogP contribution in [0.3, 0.4) is 0 Å². The summed E-state index contributed by atoms with van der Waals surface area (Å²) in [5, 5.41) is 7.45. The SMILES string of the molecule is CCOC(=O)c1nnc(Sc2cc(F)ccc2F)s1. The Labute approximate surface area is 115 Å². The van der Waals surface area contributed by atoms with E-state index in [1.165, 1.54) is 0 Å². The largest absolute Gasteiger partial charge is 0.461 e. The molecule has 19 heavy (non-hydrogen) atoms. The van der Waals surface area contributed by atoms with Crippen molar-refractivity contribution in [3.63, 3.8) is 0 Å². The first-order chi connectivity index (χ1) is 9.10. The third-order valence-corrected chi connectivity index (χ3v) is 3.93. The highest BCUT2D eigenvalue weighted by molar-refractivity contribution is 8.01. The first kappa shape index (κ1) is 13.9. The third-order valence-electron chi connectivity index (χ3n) is 1.95. The molecule has 0 bridgehead atoms. The molecule has 1 heterocycles. The number of hydrogen-bond acceptors (Lipinski definition) is 6. The lowest BCUT2D eigenvalue weighted by molar-refractivity contribution is 0.0525. The Kier molecular flexibility index (Phi) is 4.43. The van der Waals surface area contributed by atoms with Gasteiger partial charge in [-0.05, 0) is 25.1 Å². The number of hydrogen-bond donors (Lipinski definition) is 0. The van der Waals surface area contributed by atoms with Gasteiger partial charge in [0.15, 0.2) is 4.34 Å². The van der Waals surface area contributed by atoms with Gasteiger partial charge in [0.2, 0.25) is 5.01 Å². The van der Waals surface area contributed by atoms with E-state index in [2.05, 4.69) is 10.2 Å². The van der Waals surface area contributed by atoms with Crippen LogP contribution in [0.4, 0.5) is 8.78 Å². The standard InChI is InChI=1S/C11H8F2N2O2S2/c1-2-17-10(16)9-14-15-11(19-9)18-8-5-6(12)3-4-7(8)13/h3-5H,2H2,1H3. The quantitative estimate of drug-likeness (QED) is 0.812. The molecule has 0 saturated carbocycles. The second-order valence-corrected chi connectivity index (χ2v) is 5.54. The highest BCUT2D eigenvalue weighted by Crippen LogP contribution is 2.32. The first-order valence-electron chi connectivity index (χ1n) is 5.23. The molecule has 4 nitrogen and oxygen atoms in total. The molecule has 0 atom stereocenters. The van der Waals surface area contributed by atoms with Crippen molar-refractivity contribution in [2.75, 3.05) is 6.61 Å². The molecule has 2 rings (SSSR count). The minimum Gasteiger partial charge on any atom is -0.461 e. The van der Waals surface area contributed by atoms with Gasteiger partial charge in [-0.25, -0.2) is 13.6 Å². The molecule has 0 amide bonds. The number of ether oxygens (including phenoxy) is 1. The highest BCUT2D eigenvalue weighted by atomic mass is 32.2. The van der Waals surface area contributed by atoms with Gasteiger partial charge in [-0.2, -0.15) is 0 Å². The molecular formula is C11H8F2N2O2S2. The van der Waals surface area contributed by atoms with E-state index in [9.17, 15) is 13.6 Å². The van der Waals surface area contributed by atoms with Crippen LogP contribution in [0.15, 0.2) is 27.4 Å². The van der Waals surface area contributed by atoms with Crippen molar-refractivity contribution < 1.29 is 18.3 Å². The average molecular weight is 302 g/mol. The monoisotopic (exact) mass is 302 g/mol. The second-order valence-electron chi connectivity index (χ2n) is 3.27. The maximum atomic E-state index is 13.4. The zero-order chi connectivity index (χ0) is 13.8. The smallest absolute Gasteiger partial charge is 0.369 e. The molecule has 1 aromatic carbocycles. The minimum atomic E-state index is -0.577. The number of esters is 1. The molecule has 0 radical (unpaired) electrons. The maximum absolute atomic E-state index is 13.4. The molecule has 0 saturated heterocycles. The van der Waals surface area contributed by atoms with Gasteiger partial charge in [0.05, 0.1) is 11.5 Å². The van der Waals surface area contributed by atoms with E-state index in [-0.39, 0.29) is 16.5 Å². The number of nitrogens with zero attached hydrogens (tertiary/aromatic N) is 2. The zero-order valence-electron chi connectivity index (χ0n) is 9.72. The summed E-state index contributed by atoms with van der Waals surface area (Å²) < 4.78 is 31.5. The van der Waals surface area contributed by atoms with E-state index in [0.29, 0.717) is 4.34 Å². The van der Waals surface area contributed by atoms with E-state index in [1.807, 2.05) is 0 Å². The van der Waals surface area contributed by atoms with Gasteiger partial charge < -0.3 is 4.74 Å². The summed E-state index contributed by atoms with van der Waals surface area (Å²) in [7, 11) is 0. The lowest BCUT2D eigenvalue weighted by Crippen LogP contribution is -2.03.